The predicted octanol–water partition coefficient (Wildman–Crippen LogP) is 2.41. The standard InChI is InChI=1S/C8H24O3P2Se/c1-12(2,3,4)10-14(9)11-13(5,6,7)8/h1-8H3. The zero-order chi connectivity index (χ0) is 11.9. The Morgan fingerprint density at radius 2 is 0.929 bits per heavy atom. The SMILES string of the molecule is CP(C)(C)(C)O[Se](=O)OP(C)(C)(C)C. The van der Waals surface area contributed by atoms with E-state index in [1.165, 1.54) is 0 Å². The van der Waals surface area contributed by atoms with Gasteiger partial charge in [0.2, 0.25) is 0 Å². The van der Waals surface area contributed by atoms with Gasteiger partial charge in [-0.05, 0) is 0 Å². The Balaban J connectivity index is 4.44. The van der Waals surface area contributed by atoms with Crippen molar-refractivity contribution in [2.24, 2.45) is 0 Å². The molecule has 0 aliphatic carbocycles. The Kier molecular flexibility index (Phi) is 3.83. The molecule has 0 aromatic rings. The molecule has 0 bridgehead atoms. The molecule has 3 nitrogen and oxygen atoms in total. The first-order chi connectivity index (χ1) is 5.60. The van der Waals surface area contributed by atoms with E-state index in [2.05, 4.69) is 0 Å². The average molecular weight is 309 g/mol. The van der Waals surface area contributed by atoms with Crippen LogP contribution in [-0.4, -0.2) is 67.8 Å². The molecular formula is C8H24O3P2Se. The summed E-state index contributed by atoms with van der Waals surface area (Å²) >= 11 is -2.58. The molecule has 0 amide bonds. The van der Waals surface area contributed by atoms with Crippen molar-refractivity contribution in [2.45, 2.75) is 0 Å². The van der Waals surface area contributed by atoms with Crippen LogP contribution in [0.1, 0.15) is 0 Å². The second kappa shape index (κ2) is 3.55. The van der Waals surface area contributed by atoms with E-state index in [1.54, 1.807) is 0 Å². The fourth-order valence-electron chi connectivity index (χ4n) is 0.500. The molecule has 0 radical (unpaired) electrons. The summed E-state index contributed by atoms with van der Waals surface area (Å²) in [7, 11) is 0. The van der Waals surface area contributed by atoms with Crippen molar-refractivity contribution in [2.75, 3.05) is 53.3 Å². The van der Waals surface area contributed by atoms with Crippen LogP contribution in [0.3, 0.4) is 0 Å². The Morgan fingerprint density at radius 1 is 0.714 bits per heavy atom. The van der Waals surface area contributed by atoms with Gasteiger partial charge < -0.3 is 0 Å². The van der Waals surface area contributed by atoms with E-state index in [0.29, 0.717) is 0 Å². The fourth-order valence-corrected chi connectivity index (χ4v) is 8.23. The van der Waals surface area contributed by atoms with Crippen LogP contribution in [0.15, 0.2) is 0 Å². The second-order valence-corrected chi connectivity index (χ2v) is 23.9. The van der Waals surface area contributed by atoms with Crippen molar-refractivity contribution in [3.05, 3.63) is 0 Å². The summed E-state index contributed by atoms with van der Waals surface area (Å²) in [6, 6.07) is 0. The normalized spacial score (nSPS) is 21.7. The number of hydrogen-bond acceptors (Lipinski definition) is 3. The van der Waals surface area contributed by atoms with E-state index in [-0.39, 0.29) is 0 Å². The quantitative estimate of drug-likeness (QED) is 0.591. The van der Waals surface area contributed by atoms with E-state index in [9.17, 15) is 3.83 Å². The molecule has 0 heterocycles. The first-order valence-corrected chi connectivity index (χ1v) is 14.4. The molecule has 0 saturated carbocycles. The van der Waals surface area contributed by atoms with Crippen molar-refractivity contribution in [1.29, 1.82) is 0 Å². The van der Waals surface area contributed by atoms with Gasteiger partial charge >= 0.3 is 92.5 Å². The summed E-state index contributed by atoms with van der Waals surface area (Å²) in [4.78, 5) is 0. The molecule has 0 unspecified atom stereocenters. The van der Waals surface area contributed by atoms with Gasteiger partial charge in [0.05, 0.1) is 0 Å². The van der Waals surface area contributed by atoms with Crippen LogP contribution in [-0.2, 0) is 11.0 Å². The van der Waals surface area contributed by atoms with Gasteiger partial charge in [-0.25, -0.2) is 0 Å². The van der Waals surface area contributed by atoms with Crippen molar-refractivity contribution >= 4 is 28.2 Å². The topological polar surface area (TPSA) is 35.5 Å². The molecule has 14 heavy (non-hydrogen) atoms. The van der Waals surface area contributed by atoms with Crippen LogP contribution in [0.25, 0.3) is 0 Å². The molecule has 0 aliphatic heterocycles. The van der Waals surface area contributed by atoms with E-state index >= 15 is 0 Å². The zero-order valence-electron chi connectivity index (χ0n) is 10.5. The van der Waals surface area contributed by atoms with Gasteiger partial charge in [0.15, 0.2) is 0 Å². The van der Waals surface area contributed by atoms with Gasteiger partial charge in [0, 0.05) is 0 Å². The molecule has 0 rings (SSSR count). The Labute approximate surface area is 92.7 Å². The molecule has 0 aromatic heterocycles. The van der Waals surface area contributed by atoms with E-state index in [1.807, 2.05) is 53.3 Å². The summed E-state index contributed by atoms with van der Waals surface area (Å²) in [5, 5.41) is 0. The van der Waals surface area contributed by atoms with Crippen LogP contribution in [0, 0.1) is 0 Å². The van der Waals surface area contributed by atoms with Crippen molar-refractivity contribution in [3.63, 3.8) is 0 Å². The summed E-state index contributed by atoms with van der Waals surface area (Å²) in [6.45, 7) is 11.8. The molecule has 0 atom stereocenters. The van der Waals surface area contributed by atoms with Gasteiger partial charge in [0.1, 0.15) is 0 Å². The van der Waals surface area contributed by atoms with Crippen molar-refractivity contribution in [3.8, 4) is 0 Å². The first kappa shape index (κ1) is 15.1. The minimum absolute atomic E-state index is 2.02. The molecule has 0 saturated heterocycles. The molecular weight excluding hydrogens is 285 g/mol. The van der Waals surface area contributed by atoms with Crippen LogP contribution < -0.4 is 0 Å². The third-order valence-electron chi connectivity index (χ3n) is 0.718. The number of hydrogen-bond donors (Lipinski definition) is 0. The Hall–Kier alpha value is 1.10. The third-order valence-corrected chi connectivity index (χ3v) is 11.2. The molecule has 0 spiro atoms. The van der Waals surface area contributed by atoms with Crippen LogP contribution in [0.4, 0.5) is 0 Å². The maximum absolute atomic E-state index is 11.7. The van der Waals surface area contributed by atoms with Gasteiger partial charge in [-0.2, -0.15) is 0 Å². The Bertz CT molecular complexity index is 215. The third kappa shape index (κ3) is 11.2. The van der Waals surface area contributed by atoms with Gasteiger partial charge in [-0.1, -0.05) is 0 Å². The zero-order valence-corrected chi connectivity index (χ0v) is 14.0. The monoisotopic (exact) mass is 310 g/mol. The van der Waals surface area contributed by atoms with E-state index in [0.717, 1.165) is 0 Å². The summed E-state index contributed by atoms with van der Waals surface area (Å²) in [6.07, 6.45) is 0. The maximum atomic E-state index is 11.7. The van der Waals surface area contributed by atoms with E-state index in [4.69, 9.17) is 7.21 Å². The van der Waals surface area contributed by atoms with Gasteiger partial charge in [-0.3, -0.25) is 0 Å². The number of rotatable bonds is 4. The summed E-state index contributed by atoms with van der Waals surface area (Å²) < 4.78 is 22.9. The van der Waals surface area contributed by atoms with Gasteiger partial charge in [-0.15, -0.1) is 0 Å². The van der Waals surface area contributed by atoms with Crippen LogP contribution >= 0.6 is 13.7 Å². The minimum atomic E-state index is -2.58. The molecule has 0 fully saturated rings. The molecule has 0 aromatic carbocycles. The second-order valence-electron chi connectivity index (χ2n) is 7.18. The predicted molar refractivity (Wildman–Crippen MR) is 69.8 cm³/mol. The summed E-state index contributed by atoms with van der Waals surface area (Å²) in [5.41, 5.74) is 0. The van der Waals surface area contributed by atoms with Crippen LogP contribution in [0.5, 0.6) is 0 Å². The van der Waals surface area contributed by atoms with Crippen LogP contribution in [0.2, 0.25) is 0 Å². The molecule has 6 heteroatoms. The molecule has 0 N–H and O–H groups in total. The summed E-state index contributed by atoms with van der Waals surface area (Å²) in [5.74, 6) is 0. The van der Waals surface area contributed by atoms with Gasteiger partial charge in [0.25, 0.3) is 0 Å². The molecule has 90 valence electrons. The molecule has 0 aliphatic rings. The average Bonchev–Trinajstić information content (AvgIpc) is 1.41. The van der Waals surface area contributed by atoms with Crippen molar-refractivity contribution in [1.82, 2.24) is 0 Å². The fraction of sp³-hybridized carbons (Fsp3) is 1.00. The van der Waals surface area contributed by atoms with E-state index < -0.39 is 28.2 Å². The first-order valence-electron chi connectivity index (χ1n) is 4.44. The Morgan fingerprint density at radius 3 is 1.07 bits per heavy atom. The van der Waals surface area contributed by atoms with Crippen molar-refractivity contribution < 1.29 is 11.0 Å².